The summed E-state index contributed by atoms with van der Waals surface area (Å²) in [6, 6.07) is 4.41. The van der Waals surface area contributed by atoms with Gasteiger partial charge in [-0.15, -0.1) is 0 Å². The summed E-state index contributed by atoms with van der Waals surface area (Å²) in [5.74, 6) is 1.05. The van der Waals surface area contributed by atoms with Crippen LogP contribution in [0.25, 0.3) is 0 Å². The van der Waals surface area contributed by atoms with Gasteiger partial charge in [0, 0.05) is 24.5 Å². The predicted octanol–water partition coefficient (Wildman–Crippen LogP) is 2.94. The highest BCUT2D eigenvalue weighted by molar-refractivity contribution is 6.25. The van der Waals surface area contributed by atoms with E-state index in [1.54, 1.807) is 6.26 Å². The molecule has 0 fully saturated rings. The molecule has 78 valence electrons. The average Bonchev–Trinajstić information content (AvgIpc) is 2.68. The van der Waals surface area contributed by atoms with Crippen molar-refractivity contribution in [2.45, 2.75) is 25.8 Å². The second-order valence-corrected chi connectivity index (χ2v) is 3.54. The smallest absolute Gasteiger partial charge is 0.103 e. The Kier molecular flexibility index (Phi) is 5.42. The van der Waals surface area contributed by atoms with Crippen LogP contribution >= 0.6 is 11.6 Å². The third-order valence-electron chi connectivity index (χ3n) is 2.08. The number of rotatable bonds is 6. The summed E-state index contributed by atoms with van der Waals surface area (Å²) < 4.78 is 5.25. The lowest BCUT2D eigenvalue weighted by molar-refractivity contribution is 0.469. The molecule has 0 aliphatic heterocycles. The molecule has 0 aromatic carbocycles. The summed E-state index contributed by atoms with van der Waals surface area (Å²) in [5, 5.41) is 3.33. The van der Waals surface area contributed by atoms with Crippen LogP contribution in [-0.2, 0) is 6.42 Å². The molecule has 1 unspecified atom stereocenters. The molecule has 0 spiro atoms. The van der Waals surface area contributed by atoms with E-state index >= 15 is 0 Å². The van der Waals surface area contributed by atoms with Gasteiger partial charge in [0.15, 0.2) is 0 Å². The first-order valence-corrected chi connectivity index (χ1v) is 5.27. The van der Waals surface area contributed by atoms with Crippen LogP contribution in [0.3, 0.4) is 0 Å². The minimum absolute atomic E-state index is 0.480. The van der Waals surface area contributed by atoms with Gasteiger partial charge in [0.2, 0.25) is 0 Å². The van der Waals surface area contributed by atoms with Crippen molar-refractivity contribution in [3.05, 3.63) is 35.8 Å². The van der Waals surface area contributed by atoms with Crippen molar-refractivity contribution < 1.29 is 4.42 Å². The number of halogens is 1. The maximum Gasteiger partial charge on any atom is 0.103 e. The van der Waals surface area contributed by atoms with Gasteiger partial charge >= 0.3 is 0 Å². The van der Waals surface area contributed by atoms with E-state index in [9.17, 15) is 0 Å². The van der Waals surface area contributed by atoms with Gasteiger partial charge in [-0.05, 0) is 25.5 Å². The van der Waals surface area contributed by atoms with Crippen molar-refractivity contribution in [1.29, 1.82) is 0 Å². The van der Waals surface area contributed by atoms with Crippen LogP contribution in [0.15, 0.2) is 34.4 Å². The number of aryl methyl sites for hydroxylation is 1. The summed E-state index contributed by atoms with van der Waals surface area (Å²) in [5.41, 5.74) is 1.53. The Bertz CT molecular complexity index is 256. The van der Waals surface area contributed by atoms with E-state index in [4.69, 9.17) is 16.0 Å². The lowest BCUT2D eigenvalue weighted by atomic mass is 10.1. The van der Waals surface area contributed by atoms with Gasteiger partial charge in [0.25, 0.3) is 0 Å². The van der Waals surface area contributed by atoms with Crippen LogP contribution in [0.1, 0.15) is 19.1 Å². The lowest BCUT2D eigenvalue weighted by Crippen LogP contribution is -2.26. The predicted molar refractivity (Wildman–Crippen MR) is 59.5 cm³/mol. The quantitative estimate of drug-likeness (QED) is 0.786. The van der Waals surface area contributed by atoms with E-state index in [0.717, 1.165) is 25.1 Å². The fraction of sp³-hybridized carbons (Fsp3) is 0.455. The molecule has 0 bridgehead atoms. The number of hydrogen-bond acceptors (Lipinski definition) is 2. The summed E-state index contributed by atoms with van der Waals surface area (Å²) in [6.07, 6.45) is 5.66. The molecular formula is C11H16ClNO. The van der Waals surface area contributed by atoms with Crippen LogP contribution in [0.4, 0.5) is 0 Å². The van der Waals surface area contributed by atoms with Crippen LogP contribution in [0, 0.1) is 0 Å². The van der Waals surface area contributed by atoms with Crippen molar-refractivity contribution in [2.24, 2.45) is 0 Å². The van der Waals surface area contributed by atoms with Gasteiger partial charge in [-0.25, -0.2) is 0 Å². The Labute approximate surface area is 89.9 Å². The highest BCUT2D eigenvalue weighted by atomic mass is 35.5. The number of nitrogens with one attached hydrogen (secondary N) is 1. The van der Waals surface area contributed by atoms with Gasteiger partial charge in [0.05, 0.1) is 6.26 Å². The first kappa shape index (κ1) is 11.3. The van der Waals surface area contributed by atoms with Gasteiger partial charge in [-0.1, -0.05) is 17.7 Å². The van der Waals surface area contributed by atoms with Crippen molar-refractivity contribution in [3.8, 4) is 0 Å². The van der Waals surface area contributed by atoms with Gasteiger partial charge in [0.1, 0.15) is 5.76 Å². The molecule has 0 saturated carbocycles. The zero-order valence-corrected chi connectivity index (χ0v) is 9.13. The molecule has 0 amide bonds. The van der Waals surface area contributed by atoms with Crippen molar-refractivity contribution in [2.75, 3.05) is 6.54 Å². The Balaban J connectivity index is 2.12. The van der Waals surface area contributed by atoms with Crippen molar-refractivity contribution in [3.63, 3.8) is 0 Å². The van der Waals surface area contributed by atoms with Crippen LogP contribution in [0.2, 0.25) is 0 Å². The van der Waals surface area contributed by atoms with E-state index < -0.39 is 0 Å². The molecule has 1 N–H and O–H groups in total. The molecule has 0 aliphatic carbocycles. The average molecular weight is 214 g/mol. The molecule has 2 nitrogen and oxygen atoms in total. The fourth-order valence-electron chi connectivity index (χ4n) is 1.23. The summed E-state index contributed by atoms with van der Waals surface area (Å²) >= 11 is 5.41. The summed E-state index contributed by atoms with van der Waals surface area (Å²) in [7, 11) is 0. The van der Waals surface area contributed by atoms with Crippen LogP contribution in [-0.4, -0.2) is 12.6 Å². The summed E-state index contributed by atoms with van der Waals surface area (Å²) in [4.78, 5) is 0. The molecule has 1 atom stereocenters. The topological polar surface area (TPSA) is 25.2 Å². The summed E-state index contributed by atoms with van der Waals surface area (Å²) in [6.45, 7) is 2.98. The Morgan fingerprint density at radius 3 is 3.14 bits per heavy atom. The van der Waals surface area contributed by atoms with Crippen molar-refractivity contribution >= 4 is 11.6 Å². The highest BCUT2D eigenvalue weighted by Gasteiger charge is 2.01. The monoisotopic (exact) mass is 213 g/mol. The zero-order chi connectivity index (χ0) is 10.2. The fourth-order valence-corrected chi connectivity index (χ4v) is 1.32. The van der Waals surface area contributed by atoms with E-state index in [1.807, 2.05) is 18.2 Å². The molecule has 1 aromatic heterocycles. The first-order valence-electron chi connectivity index (χ1n) is 4.84. The standard InChI is InChI=1S/C11H16ClNO/c1-10(13-8-3-7-12)5-6-11-4-2-9-14-11/h2-4,7,9-10,13H,5-6,8H2,1H3/b7-3+. The minimum Gasteiger partial charge on any atom is -0.469 e. The lowest BCUT2D eigenvalue weighted by Gasteiger charge is -2.10. The molecule has 0 radical (unpaired) electrons. The second-order valence-electron chi connectivity index (χ2n) is 3.29. The maximum atomic E-state index is 5.41. The van der Waals surface area contributed by atoms with E-state index in [2.05, 4.69) is 12.2 Å². The SMILES string of the molecule is CC(CCc1ccco1)NC/C=C/Cl. The Morgan fingerprint density at radius 2 is 2.50 bits per heavy atom. The van der Waals surface area contributed by atoms with Crippen LogP contribution < -0.4 is 5.32 Å². The van der Waals surface area contributed by atoms with Crippen molar-refractivity contribution in [1.82, 2.24) is 5.32 Å². The van der Waals surface area contributed by atoms with Gasteiger partial charge in [-0.3, -0.25) is 0 Å². The molecule has 1 rings (SSSR count). The van der Waals surface area contributed by atoms with E-state index in [1.165, 1.54) is 5.54 Å². The highest BCUT2D eigenvalue weighted by Crippen LogP contribution is 2.05. The first-order chi connectivity index (χ1) is 6.83. The Morgan fingerprint density at radius 1 is 1.64 bits per heavy atom. The molecular weight excluding hydrogens is 198 g/mol. The van der Waals surface area contributed by atoms with Crippen LogP contribution in [0.5, 0.6) is 0 Å². The van der Waals surface area contributed by atoms with Gasteiger partial charge < -0.3 is 9.73 Å². The number of hydrogen-bond donors (Lipinski definition) is 1. The second kappa shape index (κ2) is 6.68. The van der Waals surface area contributed by atoms with E-state index in [0.29, 0.717) is 6.04 Å². The maximum absolute atomic E-state index is 5.41. The molecule has 14 heavy (non-hydrogen) atoms. The Hall–Kier alpha value is -0.730. The molecule has 0 saturated heterocycles. The third-order valence-corrected chi connectivity index (χ3v) is 2.26. The molecule has 1 aromatic rings. The zero-order valence-electron chi connectivity index (χ0n) is 8.37. The molecule has 0 aliphatic rings. The largest absolute Gasteiger partial charge is 0.469 e. The van der Waals surface area contributed by atoms with E-state index in [-0.39, 0.29) is 0 Å². The normalized spacial score (nSPS) is 13.6. The molecule has 1 heterocycles. The number of furan rings is 1. The minimum atomic E-state index is 0.480. The van der Waals surface area contributed by atoms with Gasteiger partial charge in [-0.2, -0.15) is 0 Å². The third kappa shape index (κ3) is 4.49. The molecule has 3 heteroatoms.